The van der Waals surface area contributed by atoms with Gasteiger partial charge in [-0.3, -0.25) is 4.79 Å². The molecule has 1 aromatic carbocycles. The summed E-state index contributed by atoms with van der Waals surface area (Å²) in [6.07, 6.45) is 5.11. The number of imidazole rings is 1. The van der Waals surface area contributed by atoms with Crippen LogP contribution in [0.5, 0.6) is 11.5 Å². The lowest BCUT2D eigenvalue weighted by molar-refractivity contribution is 0.281. The number of aromatic amines is 1. The maximum atomic E-state index is 12.2. The van der Waals surface area contributed by atoms with Gasteiger partial charge >= 0.3 is 0 Å². The third kappa shape index (κ3) is 3.37. The Morgan fingerprint density at radius 2 is 2.07 bits per heavy atom. The van der Waals surface area contributed by atoms with E-state index in [1.165, 1.54) is 7.11 Å². The van der Waals surface area contributed by atoms with Crippen LogP contribution >= 0.6 is 0 Å². The van der Waals surface area contributed by atoms with E-state index in [1.807, 2.05) is 16.7 Å². The normalized spacial score (nSPS) is 10.1. The van der Waals surface area contributed by atoms with Crippen LogP contribution < -0.4 is 20.8 Å². The number of H-pyrrole nitrogens is 1. The second-order valence-corrected chi connectivity index (χ2v) is 5.70. The first-order valence-corrected chi connectivity index (χ1v) is 8.22. The highest BCUT2D eigenvalue weighted by Gasteiger charge is 2.23. The summed E-state index contributed by atoms with van der Waals surface area (Å²) in [7, 11) is 1.48. The van der Waals surface area contributed by atoms with Crippen LogP contribution in [0.15, 0.2) is 41.7 Å². The number of nitriles is 2. The maximum Gasteiger partial charge on any atom is 0.268 e. The van der Waals surface area contributed by atoms with Crippen LogP contribution in [-0.4, -0.2) is 28.3 Å². The summed E-state index contributed by atoms with van der Waals surface area (Å²) in [5, 5.41) is 19.0. The summed E-state index contributed by atoms with van der Waals surface area (Å²) in [6, 6.07) is 8.81. The van der Waals surface area contributed by atoms with Gasteiger partial charge in [-0.25, -0.2) is 4.98 Å². The number of rotatable bonds is 6. The molecular formula is C19H16N6O3. The fraction of sp³-hybridized carbons (Fsp3) is 0.158. The van der Waals surface area contributed by atoms with E-state index in [4.69, 9.17) is 15.2 Å². The van der Waals surface area contributed by atoms with Gasteiger partial charge in [0.2, 0.25) is 0 Å². The molecule has 0 atom stereocenters. The minimum atomic E-state index is -0.679. The minimum Gasteiger partial charge on any atom is -0.493 e. The van der Waals surface area contributed by atoms with Crippen molar-refractivity contribution in [3.63, 3.8) is 0 Å². The highest BCUT2D eigenvalue weighted by atomic mass is 16.5. The van der Waals surface area contributed by atoms with Gasteiger partial charge in [-0.1, -0.05) is 12.1 Å². The van der Waals surface area contributed by atoms with Crippen molar-refractivity contribution in [1.82, 2.24) is 14.5 Å². The van der Waals surface area contributed by atoms with E-state index >= 15 is 0 Å². The van der Waals surface area contributed by atoms with Crippen molar-refractivity contribution >= 4 is 5.82 Å². The summed E-state index contributed by atoms with van der Waals surface area (Å²) < 4.78 is 13.1. The zero-order valence-electron chi connectivity index (χ0n) is 15.0. The average molecular weight is 376 g/mol. The number of nitrogen functional groups attached to an aromatic ring is 1. The van der Waals surface area contributed by atoms with Crippen LogP contribution in [0.1, 0.15) is 11.1 Å². The van der Waals surface area contributed by atoms with Crippen molar-refractivity contribution in [2.45, 2.75) is 6.54 Å². The Kier molecular flexibility index (Phi) is 5.28. The first kappa shape index (κ1) is 18.5. The van der Waals surface area contributed by atoms with Crippen molar-refractivity contribution in [1.29, 1.82) is 10.5 Å². The van der Waals surface area contributed by atoms with Gasteiger partial charge in [0.1, 0.15) is 35.7 Å². The molecule has 0 fully saturated rings. The average Bonchev–Trinajstić information content (AvgIpc) is 3.21. The predicted molar refractivity (Wildman–Crippen MR) is 101 cm³/mol. The molecule has 140 valence electrons. The van der Waals surface area contributed by atoms with Crippen LogP contribution in [0.4, 0.5) is 5.82 Å². The zero-order chi connectivity index (χ0) is 20.1. The first-order valence-electron chi connectivity index (χ1n) is 8.22. The second-order valence-electron chi connectivity index (χ2n) is 5.70. The number of anilines is 1. The lowest BCUT2D eigenvalue weighted by Crippen LogP contribution is -2.17. The van der Waals surface area contributed by atoms with Gasteiger partial charge in [0.25, 0.3) is 5.56 Å². The standard InChI is InChI=1S/C19H16N6O3/c1-27-15-4-2-3-12(17(15)28-8-7-25-6-5-23-11-25)16-13(9-20)18(22)24-19(26)14(16)10-21/h2-6,11H,7-8H2,1H3,(H3,22,24,26). The van der Waals surface area contributed by atoms with Crippen LogP contribution in [0.25, 0.3) is 11.1 Å². The van der Waals surface area contributed by atoms with Crippen molar-refractivity contribution in [3.05, 3.63) is 58.4 Å². The molecule has 2 aromatic heterocycles. The third-order valence-corrected chi connectivity index (χ3v) is 4.09. The number of hydrogen-bond acceptors (Lipinski definition) is 7. The second kappa shape index (κ2) is 7.98. The zero-order valence-corrected chi connectivity index (χ0v) is 15.0. The molecule has 0 aliphatic carbocycles. The molecule has 0 bridgehead atoms. The molecule has 0 amide bonds. The molecule has 0 unspecified atom stereocenters. The molecule has 9 heteroatoms. The first-order chi connectivity index (χ1) is 13.6. The number of benzene rings is 1. The Bertz CT molecular complexity index is 1140. The number of nitrogens with one attached hydrogen (secondary N) is 1. The fourth-order valence-electron chi connectivity index (χ4n) is 2.81. The molecule has 0 saturated carbocycles. The highest BCUT2D eigenvalue weighted by Crippen LogP contribution is 2.41. The SMILES string of the molecule is COc1cccc(-c2c(C#N)c(N)[nH]c(=O)c2C#N)c1OCCn1ccnc1. The fourth-order valence-corrected chi connectivity index (χ4v) is 2.81. The van der Waals surface area contributed by atoms with Gasteiger partial charge in [-0.15, -0.1) is 0 Å². The number of methoxy groups -OCH3 is 1. The predicted octanol–water partition coefficient (Wildman–Crippen LogP) is 1.65. The number of hydrogen-bond donors (Lipinski definition) is 2. The molecule has 3 rings (SSSR count). The van der Waals surface area contributed by atoms with E-state index < -0.39 is 5.56 Å². The third-order valence-electron chi connectivity index (χ3n) is 4.09. The van der Waals surface area contributed by atoms with Crippen molar-refractivity contribution in [2.75, 3.05) is 19.5 Å². The quantitative estimate of drug-likeness (QED) is 0.666. The molecule has 9 nitrogen and oxygen atoms in total. The van der Waals surface area contributed by atoms with E-state index in [-0.39, 0.29) is 29.1 Å². The van der Waals surface area contributed by atoms with Gasteiger partial charge < -0.3 is 24.8 Å². The topological polar surface area (TPSA) is 143 Å². The molecule has 28 heavy (non-hydrogen) atoms. The summed E-state index contributed by atoms with van der Waals surface area (Å²) >= 11 is 0. The number of ether oxygens (including phenoxy) is 2. The Morgan fingerprint density at radius 3 is 2.71 bits per heavy atom. The van der Waals surface area contributed by atoms with Crippen molar-refractivity contribution in [2.24, 2.45) is 0 Å². The molecule has 3 N–H and O–H groups in total. The Hall–Kier alpha value is -4.24. The van der Waals surface area contributed by atoms with Gasteiger partial charge in [-0.05, 0) is 6.07 Å². The van der Waals surface area contributed by atoms with E-state index in [9.17, 15) is 15.3 Å². The van der Waals surface area contributed by atoms with Crippen LogP contribution in [0, 0.1) is 22.7 Å². The van der Waals surface area contributed by atoms with Gasteiger partial charge in [0, 0.05) is 23.5 Å². The van der Waals surface area contributed by atoms with E-state index in [2.05, 4.69) is 9.97 Å². The highest BCUT2D eigenvalue weighted by molar-refractivity contribution is 5.85. The molecule has 0 aliphatic rings. The molecule has 0 saturated heterocycles. The molecule has 0 spiro atoms. The summed E-state index contributed by atoms with van der Waals surface area (Å²) in [5.41, 5.74) is 5.38. The Balaban J connectivity index is 2.14. The lowest BCUT2D eigenvalue weighted by Gasteiger charge is -2.17. The van der Waals surface area contributed by atoms with Gasteiger partial charge in [0.15, 0.2) is 11.5 Å². The lowest BCUT2D eigenvalue weighted by atomic mass is 9.95. The number of para-hydroxylation sites is 1. The minimum absolute atomic E-state index is 0.0103. The summed E-state index contributed by atoms with van der Waals surface area (Å²) in [5.74, 6) is 0.589. The number of nitrogens with two attached hydrogens (primary N) is 1. The molecular weight excluding hydrogens is 360 g/mol. The Morgan fingerprint density at radius 1 is 1.29 bits per heavy atom. The summed E-state index contributed by atoms with van der Waals surface area (Å²) in [6.45, 7) is 0.789. The molecule has 3 aromatic rings. The van der Waals surface area contributed by atoms with Crippen LogP contribution in [0.3, 0.4) is 0 Å². The molecule has 0 radical (unpaired) electrons. The van der Waals surface area contributed by atoms with Crippen molar-refractivity contribution in [3.8, 4) is 34.8 Å². The largest absolute Gasteiger partial charge is 0.493 e. The maximum absolute atomic E-state index is 12.2. The van der Waals surface area contributed by atoms with Gasteiger partial charge in [-0.2, -0.15) is 10.5 Å². The van der Waals surface area contributed by atoms with Crippen LogP contribution in [-0.2, 0) is 6.54 Å². The number of nitrogens with zero attached hydrogens (tertiary/aromatic N) is 4. The molecule has 2 heterocycles. The summed E-state index contributed by atoms with van der Waals surface area (Å²) in [4.78, 5) is 18.5. The smallest absolute Gasteiger partial charge is 0.268 e. The van der Waals surface area contributed by atoms with Crippen LogP contribution in [0.2, 0.25) is 0 Å². The number of aromatic nitrogens is 3. The van der Waals surface area contributed by atoms with E-state index in [0.29, 0.717) is 23.6 Å². The van der Waals surface area contributed by atoms with E-state index in [1.54, 1.807) is 36.9 Å². The Labute approximate surface area is 160 Å². The monoisotopic (exact) mass is 376 g/mol. The van der Waals surface area contributed by atoms with Crippen molar-refractivity contribution < 1.29 is 9.47 Å². The molecule has 0 aliphatic heterocycles. The van der Waals surface area contributed by atoms with Gasteiger partial charge in [0.05, 0.1) is 20.0 Å². The number of pyridine rings is 1. The van der Waals surface area contributed by atoms with E-state index in [0.717, 1.165) is 0 Å².